The fourth-order valence-electron chi connectivity index (χ4n) is 8.89. The monoisotopic (exact) mass is 805 g/mol. The summed E-state index contributed by atoms with van der Waals surface area (Å²) in [6, 6.07) is 20.5. The Balaban J connectivity index is 0.731. The Morgan fingerprint density at radius 3 is 2.37 bits per heavy atom. The minimum absolute atomic E-state index is 0.0968. The molecule has 60 heavy (non-hydrogen) atoms. The Hall–Kier alpha value is -6.94. The molecule has 0 saturated carbocycles. The number of fused-ring (bicyclic) bond motifs is 3. The number of benzene rings is 3. The molecule has 3 fully saturated rings. The summed E-state index contributed by atoms with van der Waals surface area (Å²) in [6.45, 7) is 8.56. The molecule has 4 aliphatic rings. The van der Waals surface area contributed by atoms with Crippen molar-refractivity contribution in [3.05, 3.63) is 102 Å². The van der Waals surface area contributed by atoms with Crippen LogP contribution in [-0.4, -0.2) is 110 Å². The van der Waals surface area contributed by atoms with E-state index in [0.717, 1.165) is 109 Å². The topological polar surface area (TPSA) is 170 Å². The van der Waals surface area contributed by atoms with E-state index in [2.05, 4.69) is 63.6 Å². The molecule has 1 atom stereocenters. The summed E-state index contributed by atoms with van der Waals surface area (Å²) in [5.41, 5.74) is 6.13. The first-order valence-electron chi connectivity index (χ1n) is 20.4. The third-order valence-corrected chi connectivity index (χ3v) is 12.2. The molecule has 0 spiro atoms. The molecule has 16 heteroatoms. The Morgan fingerprint density at radius 1 is 0.767 bits per heavy atom. The molecule has 4 aliphatic heterocycles. The van der Waals surface area contributed by atoms with Crippen molar-refractivity contribution in [2.24, 2.45) is 5.92 Å². The number of anilines is 4. The van der Waals surface area contributed by atoms with Crippen molar-refractivity contribution < 1.29 is 23.9 Å². The van der Waals surface area contributed by atoms with Crippen LogP contribution in [0.15, 0.2) is 85.6 Å². The van der Waals surface area contributed by atoms with Crippen molar-refractivity contribution in [2.45, 2.75) is 38.6 Å². The summed E-state index contributed by atoms with van der Waals surface area (Å²) in [7, 11) is 0. The van der Waals surface area contributed by atoms with E-state index < -0.39 is 23.8 Å². The summed E-state index contributed by atoms with van der Waals surface area (Å²) in [6.07, 6.45) is 7.22. The van der Waals surface area contributed by atoms with Crippen molar-refractivity contribution in [3.63, 3.8) is 0 Å². The lowest BCUT2D eigenvalue weighted by molar-refractivity contribution is -0.136. The number of hydrogen-bond donors (Lipinski definition) is 2. The molecule has 0 aliphatic carbocycles. The Morgan fingerprint density at radius 2 is 1.55 bits per heavy atom. The molecule has 16 nitrogen and oxygen atoms in total. The van der Waals surface area contributed by atoms with Crippen LogP contribution >= 0.6 is 0 Å². The van der Waals surface area contributed by atoms with Crippen LogP contribution in [0.25, 0.3) is 16.6 Å². The van der Waals surface area contributed by atoms with Crippen molar-refractivity contribution >= 4 is 63.1 Å². The molecule has 6 aromatic rings. The van der Waals surface area contributed by atoms with Crippen LogP contribution in [-0.2, 0) is 9.59 Å². The highest BCUT2D eigenvalue weighted by atomic mass is 16.5. The predicted molar refractivity (Wildman–Crippen MR) is 224 cm³/mol. The highest BCUT2D eigenvalue weighted by Gasteiger charge is 2.45. The van der Waals surface area contributed by atoms with Crippen LogP contribution in [0.2, 0.25) is 0 Å². The highest BCUT2D eigenvalue weighted by Crippen LogP contribution is 2.34. The number of ether oxygens (including phenoxy) is 1. The number of hydrogen-bond acceptors (Lipinski definition) is 13. The van der Waals surface area contributed by atoms with E-state index in [9.17, 15) is 19.2 Å². The maximum atomic E-state index is 13.4. The molecule has 0 radical (unpaired) electrons. The zero-order valence-corrected chi connectivity index (χ0v) is 33.1. The Labute approximate surface area is 345 Å². The molecular formula is C44H43N11O5. The molecular weight excluding hydrogens is 763 g/mol. The van der Waals surface area contributed by atoms with Gasteiger partial charge in [0.2, 0.25) is 11.8 Å². The van der Waals surface area contributed by atoms with E-state index in [-0.39, 0.29) is 18.7 Å². The number of nitrogens with zero attached hydrogens (tertiary/aromatic N) is 9. The summed E-state index contributed by atoms with van der Waals surface area (Å²) >= 11 is 0. The quantitative estimate of drug-likeness (QED) is 0.188. The summed E-state index contributed by atoms with van der Waals surface area (Å²) in [5.74, 6) is 0.800. The second kappa shape index (κ2) is 15.3. The maximum Gasteiger partial charge on any atom is 0.262 e. The number of rotatable bonds is 9. The zero-order valence-electron chi connectivity index (χ0n) is 33.1. The van der Waals surface area contributed by atoms with Crippen molar-refractivity contribution in [1.29, 1.82) is 0 Å². The second-order valence-electron chi connectivity index (χ2n) is 16.0. The van der Waals surface area contributed by atoms with Crippen LogP contribution in [0, 0.1) is 12.8 Å². The van der Waals surface area contributed by atoms with E-state index in [1.165, 1.54) is 6.33 Å². The van der Waals surface area contributed by atoms with Gasteiger partial charge in [-0.2, -0.15) is 5.10 Å². The van der Waals surface area contributed by atoms with Gasteiger partial charge in [-0.3, -0.25) is 34.3 Å². The summed E-state index contributed by atoms with van der Waals surface area (Å²) < 4.78 is 7.87. The van der Waals surface area contributed by atoms with E-state index in [1.54, 1.807) is 23.0 Å². The molecule has 3 aromatic carbocycles. The van der Waals surface area contributed by atoms with Gasteiger partial charge in [-0.25, -0.2) is 19.5 Å². The van der Waals surface area contributed by atoms with E-state index in [4.69, 9.17) is 4.74 Å². The highest BCUT2D eigenvalue weighted by molar-refractivity contribution is 6.23. The summed E-state index contributed by atoms with van der Waals surface area (Å²) in [4.78, 5) is 72.4. The van der Waals surface area contributed by atoms with Gasteiger partial charge in [-0.15, -0.1) is 0 Å². The lowest BCUT2D eigenvalue weighted by Crippen LogP contribution is -2.54. The number of carbonyl (C=O) groups is 4. The van der Waals surface area contributed by atoms with Gasteiger partial charge in [-0.1, -0.05) is 0 Å². The normalized spacial score (nSPS) is 19.0. The number of piperidine rings is 2. The molecule has 7 heterocycles. The lowest BCUT2D eigenvalue weighted by Gasteiger charge is -2.40. The van der Waals surface area contributed by atoms with Gasteiger partial charge in [0.15, 0.2) is 5.65 Å². The molecule has 10 rings (SSSR count). The molecule has 4 amide bonds. The van der Waals surface area contributed by atoms with E-state index in [0.29, 0.717) is 28.4 Å². The first-order chi connectivity index (χ1) is 29.2. The number of imide groups is 2. The number of nitrogens with one attached hydrogen (secondary N) is 2. The largest absolute Gasteiger partial charge is 0.457 e. The summed E-state index contributed by atoms with van der Waals surface area (Å²) in [5, 5.41) is 10.9. The van der Waals surface area contributed by atoms with Gasteiger partial charge >= 0.3 is 0 Å². The van der Waals surface area contributed by atoms with Gasteiger partial charge in [0, 0.05) is 86.9 Å². The van der Waals surface area contributed by atoms with Gasteiger partial charge in [0.1, 0.15) is 36.0 Å². The van der Waals surface area contributed by atoms with Crippen LogP contribution in [0.4, 0.5) is 22.9 Å². The van der Waals surface area contributed by atoms with Crippen LogP contribution in [0.3, 0.4) is 0 Å². The SMILES string of the molecule is Cc1cc(Nc2ncnc3ccc(N4CCN(CC5CCN(c6ccc7c(c6)C(=O)N(C6CCC(=O)NC6=O)C7=O)CC5)CC4)cc23)ccc1Oc1ccn2ncnc2c1. The van der Waals surface area contributed by atoms with E-state index >= 15 is 0 Å². The minimum Gasteiger partial charge on any atom is -0.457 e. The van der Waals surface area contributed by atoms with Gasteiger partial charge < -0.3 is 19.9 Å². The molecule has 3 saturated heterocycles. The average molecular weight is 806 g/mol. The lowest BCUT2D eigenvalue weighted by atomic mass is 9.95. The third-order valence-electron chi connectivity index (χ3n) is 12.2. The standard InChI is InChI=1S/C44H43N11O5/c1-27-20-29(2-8-38(27)60-32-12-15-54-39(23-32)46-26-48-54)49-41-35-22-31(4-6-36(35)45-25-47-41)53-18-16-51(17-19-53)24-28-10-13-52(14-11-28)30-3-5-33-34(21-30)44(59)55(43(33)58)37-7-9-40(56)50-42(37)57/h2-6,8,12,15,20-23,25-26,28,37H,7,9-11,13-14,16-19,24H2,1H3,(H,45,47,49)(H,50,56,57). The molecule has 3 aromatic heterocycles. The fourth-order valence-corrected chi connectivity index (χ4v) is 8.89. The minimum atomic E-state index is -0.968. The second-order valence-corrected chi connectivity index (χ2v) is 16.0. The number of amides is 4. The first kappa shape index (κ1) is 37.3. The third kappa shape index (κ3) is 7.12. The van der Waals surface area contributed by atoms with Gasteiger partial charge in [0.25, 0.3) is 11.8 Å². The fraction of sp³-hybridized carbons (Fsp3) is 0.318. The molecule has 0 bridgehead atoms. The van der Waals surface area contributed by atoms with Crippen LogP contribution in [0.1, 0.15) is 52.0 Å². The zero-order chi connectivity index (χ0) is 40.9. The van der Waals surface area contributed by atoms with Crippen LogP contribution < -0.4 is 25.2 Å². The molecule has 2 N–H and O–H groups in total. The number of pyridine rings is 1. The van der Waals surface area contributed by atoms with Gasteiger partial charge in [-0.05, 0) is 98.3 Å². The Kier molecular flexibility index (Phi) is 9.55. The van der Waals surface area contributed by atoms with Crippen molar-refractivity contribution in [2.75, 3.05) is 60.9 Å². The number of piperazine rings is 1. The number of carbonyl (C=O) groups excluding carboxylic acids is 4. The number of aromatic nitrogens is 5. The molecule has 1 unspecified atom stereocenters. The Bertz CT molecular complexity index is 2680. The molecule has 304 valence electrons. The van der Waals surface area contributed by atoms with Gasteiger partial charge in [0.05, 0.1) is 16.6 Å². The van der Waals surface area contributed by atoms with Crippen molar-refractivity contribution in [1.82, 2.24) is 39.7 Å². The average Bonchev–Trinajstić information content (AvgIpc) is 3.83. The predicted octanol–water partition coefficient (Wildman–Crippen LogP) is 4.96. The first-order valence-corrected chi connectivity index (χ1v) is 20.4. The number of aryl methyl sites for hydroxylation is 1. The van der Waals surface area contributed by atoms with Crippen molar-refractivity contribution in [3.8, 4) is 11.5 Å². The van der Waals surface area contributed by atoms with E-state index in [1.807, 2.05) is 49.5 Å². The smallest absolute Gasteiger partial charge is 0.262 e. The maximum absolute atomic E-state index is 13.4. The van der Waals surface area contributed by atoms with Crippen LogP contribution in [0.5, 0.6) is 11.5 Å².